The lowest BCUT2D eigenvalue weighted by molar-refractivity contribution is -0.129. The molecular weight excluding hydrogens is 450 g/mol. The molecule has 0 atom stereocenters. The molecule has 0 spiro atoms. The van der Waals surface area contributed by atoms with Crippen molar-refractivity contribution in [2.75, 3.05) is 27.2 Å². The highest BCUT2D eigenvalue weighted by molar-refractivity contribution is 7.91. The molecule has 0 bridgehead atoms. The molecular formula is C20H24F2N2O5S2. The molecule has 1 aliphatic heterocycles. The summed E-state index contributed by atoms with van der Waals surface area (Å²) >= 11 is 1.11. The fraction of sp³-hybridized carbons (Fsp3) is 0.450. The summed E-state index contributed by atoms with van der Waals surface area (Å²) in [4.78, 5) is 14.8. The van der Waals surface area contributed by atoms with Crippen molar-refractivity contribution in [3.63, 3.8) is 0 Å². The minimum atomic E-state index is -3.50. The van der Waals surface area contributed by atoms with Crippen molar-refractivity contribution >= 4 is 27.3 Å². The Morgan fingerprint density at radius 3 is 2.55 bits per heavy atom. The van der Waals surface area contributed by atoms with E-state index in [1.165, 1.54) is 28.4 Å². The molecule has 1 aliphatic rings. The molecule has 0 radical (unpaired) electrons. The summed E-state index contributed by atoms with van der Waals surface area (Å²) < 4.78 is 61.4. The number of carbonyl (C=O) groups excluding carboxylic acids is 1. The van der Waals surface area contributed by atoms with Crippen LogP contribution in [0.25, 0.3) is 0 Å². The normalized spacial score (nSPS) is 14.7. The van der Waals surface area contributed by atoms with Crippen LogP contribution in [0.2, 0.25) is 0 Å². The van der Waals surface area contributed by atoms with Gasteiger partial charge in [0.1, 0.15) is 4.21 Å². The molecule has 1 aromatic heterocycles. The van der Waals surface area contributed by atoms with E-state index in [0.29, 0.717) is 23.5 Å². The highest BCUT2D eigenvalue weighted by atomic mass is 32.2. The van der Waals surface area contributed by atoms with Crippen molar-refractivity contribution in [2.24, 2.45) is 0 Å². The summed E-state index contributed by atoms with van der Waals surface area (Å²) in [5.74, 6) is -0.131. The molecule has 0 N–H and O–H groups in total. The average Bonchev–Trinajstić information content (AvgIpc) is 3.41. The molecule has 2 aromatic rings. The second kappa shape index (κ2) is 9.92. The summed E-state index contributed by atoms with van der Waals surface area (Å²) in [5.41, 5.74) is 0.679. The molecule has 3 rings (SSSR count). The van der Waals surface area contributed by atoms with E-state index in [0.717, 1.165) is 24.2 Å². The third-order valence-electron chi connectivity index (χ3n) is 4.91. The van der Waals surface area contributed by atoms with Gasteiger partial charge in [0.2, 0.25) is 5.91 Å². The van der Waals surface area contributed by atoms with Gasteiger partial charge in [-0.15, -0.1) is 11.3 Å². The fourth-order valence-electron chi connectivity index (χ4n) is 3.30. The highest BCUT2D eigenvalue weighted by Crippen LogP contribution is 2.30. The number of thiophene rings is 1. The first-order valence-corrected chi connectivity index (χ1v) is 11.9. The Bertz CT molecular complexity index is 1020. The number of sulfonamides is 1. The van der Waals surface area contributed by atoms with Gasteiger partial charge in [-0.2, -0.15) is 13.1 Å². The summed E-state index contributed by atoms with van der Waals surface area (Å²) in [6.45, 7) is -1.67. The first-order valence-electron chi connectivity index (χ1n) is 9.65. The van der Waals surface area contributed by atoms with Crippen LogP contribution in [0.15, 0.2) is 34.5 Å². The number of methoxy groups -OCH3 is 1. The zero-order valence-corrected chi connectivity index (χ0v) is 18.8. The maximum atomic E-state index is 12.6. The van der Waals surface area contributed by atoms with E-state index in [1.54, 1.807) is 25.2 Å². The molecule has 170 valence electrons. The second-order valence-electron chi connectivity index (χ2n) is 7.12. The summed E-state index contributed by atoms with van der Waals surface area (Å²) in [6, 6.07) is 7.70. The van der Waals surface area contributed by atoms with E-state index in [-0.39, 0.29) is 34.6 Å². The van der Waals surface area contributed by atoms with Crippen molar-refractivity contribution in [3.8, 4) is 11.5 Å². The Kier molecular flexibility index (Phi) is 7.50. The Morgan fingerprint density at radius 2 is 1.90 bits per heavy atom. The van der Waals surface area contributed by atoms with Gasteiger partial charge in [0.25, 0.3) is 10.0 Å². The van der Waals surface area contributed by atoms with Crippen LogP contribution >= 0.6 is 11.3 Å². The topological polar surface area (TPSA) is 76.2 Å². The van der Waals surface area contributed by atoms with Gasteiger partial charge in [0.15, 0.2) is 11.5 Å². The lowest BCUT2D eigenvalue weighted by Gasteiger charge is -2.18. The van der Waals surface area contributed by atoms with E-state index in [4.69, 9.17) is 4.74 Å². The number of benzene rings is 1. The van der Waals surface area contributed by atoms with Gasteiger partial charge in [-0.1, -0.05) is 6.07 Å². The first-order chi connectivity index (χ1) is 14.7. The van der Waals surface area contributed by atoms with Gasteiger partial charge >= 0.3 is 6.61 Å². The molecule has 0 aliphatic carbocycles. The van der Waals surface area contributed by atoms with E-state index < -0.39 is 16.6 Å². The molecule has 1 fully saturated rings. The van der Waals surface area contributed by atoms with Crippen molar-refractivity contribution in [1.29, 1.82) is 0 Å². The average molecular weight is 475 g/mol. The van der Waals surface area contributed by atoms with Gasteiger partial charge in [-0.3, -0.25) is 4.79 Å². The van der Waals surface area contributed by atoms with Crippen LogP contribution < -0.4 is 9.47 Å². The van der Waals surface area contributed by atoms with Crippen LogP contribution in [0, 0.1) is 0 Å². The van der Waals surface area contributed by atoms with E-state index in [2.05, 4.69) is 4.74 Å². The van der Waals surface area contributed by atoms with Crippen molar-refractivity contribution in [3.05, 3.63) is 40.8 Å². The SMILES string of the molecule is COc1cc(CN(C)C(=O)Cc2ccc(S(=O)(=O)N3CCCC3)s2)ccc1OC(F)F. The Hall–Kier alpha value is -2.24. The van der Waals surface area contributed by atoms with Crippen molar-refractivity contribution < 1.29 is 31.5 Å². The number of ether oxygens (including phenoxy) is 2. The second-order valence-corrected chi connectivity index (χ2v) is 10.5. The van der Waals surface area contributed by atoms with Gasteiger partial charge in [-0.05, 0) is 42.7 Å². The number of carbonyl (C=O) groups is 1. The van der Waals surface area contributed by atoms with Crippen LogP contribution in [0.4, 0.5) is 8.78 Å². The molecule has 0 saturated carbocycles. The Morgan fingerprint density at radius 1 is 1.19 bits per heavy atom. The zero-order valence-electron chi connectivity index (χ0n) is 17.2. The summed E-state index contributed by atoms with van der Waals surface area (Å²) in [6.07, 6.45) is 1.79. The number of alkyl halides is 2. The number of halogens is 2. The first kappa shape index (κ1) is 23.4. The zero-order chi connectivity index (χ0) is 22.6. The Balaban J connectivity index is 1.63. The van der Waals surface area contributed by atoms with E-state index in [1.807, 2.05) is 0 Å². The van der Waals surface area contributed by atoms with E-state index >= 15 is 0 Å². The lowest BCUT2D eigenvalue weighted by atomic mass is 10.2. The molecule has 2 heterocycles. The minimum absolute atomic E-state index is 0.0698. The molecule has 1 amide bonds. The quantitative estimate of drug-likeness (QED) is 0.557. The van der Waals surface area contributed by atoms with Crippen LogP contribution in [0.3, 0.4) is 0 Å². The third-order valence-corrected chi connectivity index (χ3v) is 8.36. The standard InChI is InChI=1S/C20H24F2N2O5S2/c1-23(13-14-5-7-16(29-20(21)22)17(11-14)28-2)18(25)12-15-6-8-19(30-15)31(26,27)24-9-3-4-10-24/h5-8,11,20H,3-4,9-10,12-13H2,1-2H3. The maximum Gasteiger partial charge on any atom is 0.387 e. The van der Waals surface area contributed by atoms with Crippen molar-refractivity contribution in [2.45, 2.75) is 36.6 Å². The predicted octanol–water partition coefficient (Wildman–Crippen LogP) is 3.34. The number of rotatable bonds is 9. The number of hydrogen-bond acceptors (Lipinski definition) is 6. The summed E-state index contributed by atoms with van der Waals surface area (Å²) in [7, 11) is -0.532. The predicted molar refractivity (Wildman–Crippen MR) is 112 cm³/mol. The fourth-order valence-corrected chi connectivity index (χ4v) is 6.32. The number of nitrogens with zero attached hydrogens (tertiary/aromatic N) is 2. The molecule has 7 nitrogen and oxygen atoms in total. The van der Waals surface area contributed by atoms with Crippen molar-refractivity contribution in [1.82, 2.24) is 9.21 Å². The smallest absolute Gasteiger partial charge is 0.387 e. The lowest BCUT2D eigenvalue weighted by Crippen LogP contribution is -2.27. The summed E-state index contributed by atoms with van der Waals surface area (Å²) in [5, 5.41) is 0. The molecule has 0 unspecified atom stereocenters. The molecule has 1 aromatic carbocycles. The van der Waals surface area contributed by atoms with Gasteiger partial charge < -0.3 is 14.4 Å². The van der Waals surface area contributed by atoms with Gasteiger partial charge in [0, 0.05) is 31.6 Å². The number of hydrogen-bond donors (Lipinski definition) is 0. The molecule has 31 heavy (non-hydrogen) atoms. The maximum absolute atomic E-state index is 12.6. The molecule has 1 saturated heterocycles. The van der Waals surface area contributed by atoms with Crippen LogP contribution in [0.1, 0.15) is 23.3 Å². The number of amides is 1. The largest absolute Gasteiger partial charge is 0.493 e. The van der Waals surface area contributed by atoms with Gasteiger partial charge in [-0.25, -0.2) is 8.42 Å². The van der Waals surface area contributed by atoms with Gasteiger partial charge in [0.05, 0.1) is 13.5 Å². The van der Waals surface area contributed by atoms with E-state index in [9.17, 15) is 22.0 Å². The molecule has 11 heteroatoms. The highest BCUT2D eigenvalue weighted by Gasteiger charge is 2.28. The number of likely N-dealkylation sites (N-methyl/N-ethyl adjacent to an activating group) is 1. The monoisotopic (exact) mass is 474 g/mol. The Labute approximate surface area is 184 Å². The van der Waals surface area contributed by atoms with Crippen LogP contribution in [-0.4, -0.2) is 57.4 Å². The minimum Gasteiger partial charge on any atom is -0.493 e. The van der Waals surface area contributed by atoms with Crippen LogP contribution in [-0.2, 0) is 27.8 Å². The third kappa shape index (κ3) is 5.72. The van der Waals surface area contributed by atoms with Crippen LogP contribution in [0.5, 0.6) is 11.5 Å².